The second-order valence-electron chi connectivity index (χ2n) is 8.65. The highest BCUT2D eigenvalue weighted by Crippen LogP contribution is 2.64. The summed E-state index contributed by atoms with van der Waals surface area (Å²) in [5.74, 6) is 1.10. The van der Waals surface area contributed by atoms with Crippen LogP contribution in [0, 0.1) is 17.3 Å². The van der Waals surface area contributed by atoms with Crippen LogP contribution in [0.15, 0.2) is 48.1 Å². The standard InChI is InChI=1S/C22H27NO3/c1-21(2)17-13-23(20(25)18(17)21)19(14-5-7-16(24)8-6-14)15-9-11-22(3,26-4)12-10-15/h5-11,17-19,24H,12-13H2,1-4H3. The zero-order valence-corrected chi connectivity index (χ0v) is 15.9. The number of aromatic hydroxyl groups is 1. The van der Waals surface area contributed by atoms with Gasteiger partial charge < -0.3 is 14.7 Å². The number of hydrogen-bond acceptors (Lipinski definition) is 3. The fraction of sp³-hybridized carbons (Fsp3) is 0.500. The maximum atomic E-state index is 13.1. The van der Waals surface area contributed by atoms with E-state index < -0.39 is 0 Å². The van der Waals surface area contributed by atoms with Crippen molar-refractivity contribution in [2.75, 3.05) is 13.7 Å². The molecule has 4 unspecified atom stereocenters. The second kappa shape index (κ2) is 5.71. The van der Waals surface area contributed by atoms with Crippen molar-refractivity contribution in [3.63, 3.8) is 0 Å². The van der Waals surface area contributed by atoms with E-state index in [4.69, 9.17) is 4.74 Å². The van der Waals surface area contributed by atoms with Crippen molar-refractivity contribution in [2.24, 2.45) is 17.3 Å². The summed E-state index contributed by atoms with van der Waals surface area (Å²) in [7, 11) is 1.72. The Hall–Kier alpha value is -2.07. The molecular formula is C22H27NO3. The summed E-state index contributed by atoms with van der Waals surface area (Å²) in [5.41, 5.74) is 2.01. The third-order valence-corrected chi connectivity index (χ3v) is 6.67. The van der Waals surface area contributed by atoms with Gasteiger partial charge in [0.05, 0.1) is 11.6 Å². The Kier molecular flexibility index (Phi) is 3.81. The van der Waals surface area contributed by atoms with E-state index in [0.717, 1.165) is 24.1 Å². The Balaban J connectivity index is 1.67. The van der Waals surface area contributed by atoms with Gasteiger partial charge in [-0.05, 0) is 47.9 Å². The van der Waals surface area contributed by atoms with Crippen LogP contribution < -0.4 is 0 Å². The Bertz CT molecular complexity index is 792. The molecule has 4 nitrogen and oxygen atoms in total. The van der Waals surface area contributed by atoms with E-state index in [1.165, 1.54) is 0 Å². The Morgan fingerprint density at radius 1 is 1.23 bits per heavy atom. The van der Waals surface area contributed by atoms with Crippen molar-refractivity contribution >= 4 is 5.91 Å². The lowest BCUT2D eigenvalue weighted by Gasteiger charge is -2.35. The predicted octanol–water partition coefficient (Wildman–Crippen LogP) is 3.84. The van der Waals surface area contributed by atoms with Crippen molar-refractivity contribution in [3.8, 4) is 5.75 Å². The number of carbonyl (C=O) groups is 1. The number of ether oxygens (including phenoxy) is 1. The first-order valence-electron chi connectivity index (χ1n) is 9.31. The SMILES string of the molecule is COC1(C)C=CC(C(c2ccc(O)cc2)N2CC3C(C2=O)C3(C)C)=CC1. The minimum atomic E-state index is -0.290. The minimum Gasteiger partial charge on any atom is -0.508 e. The average Bonchev–Trinajstić information content (AvgIpc) is 2.96. The van der Waals surface area contributed by atoms with Crippen LogP contribution in [-0.2, 0) is 9.53 Å². The van der Waals surface area contributed by atoms with Crippen LogP contribution in [0.4, 0.5) is 0 Å². The normalized spacial score (nSPS) is 33.0. The van der Waals surface area contributed by atoms with Gasteiger partial charge in [-0.1, -0.05) is 44.2 Å². The maximum absolute atomic E-state index is 13.1. The van der Waals surface area contributed by atoms with E-state index in [0.29, 0.717) is 5.92 Å². The number of fused-ring (bicyclic) bond motifs is 1. The number of rotatable bonds is 4. The van der Waals surface area contributed by atoms with Crippen LogP contribution in [0.3, 0.4) is 0 Å². The van der Waals surface area contributed by atoms with Gasteiger partial charge in [-0.2, -0.15) is 0 Å². The maximum Gasteiger partial charge on any atom is 0.227 e. The van der Waals surface area contributed by atoms with Gasteiger partial charge in [0.2, 0.25) is 5.91 Å². The monoisotopic (exact) mass is 353 g/mol. The van der Waals surface area contributed by atoms with Crippen molar-refractivity contribution in [3.05, 3.63) is 53.6 Å². The number of likely N-dealkylation sites (tertiary alicyclic amines) is 1. The fourth-order valence-electron chi connectivity index (χ4n) is 4.58. The number of nitrogens with zero attached hydrogens (tertiary/aromatic N) is 1. The molecule has 0 radical (unpaired) electrons. The van der Waals surface area contributed by atoms with Crippen molar-refractivity contribution in [2.45, 2.75) is 38.8 Å². The van der Waals surface area contributed by atoms with E-state index in [1.54, 1.807) is 19.2 Å². The first-order chi connectivity index (χ1) is 12.3. The molecule has 1 amide bonds. The largest absolute Gasteiger partial charge is 0.508 e. The third-order valence-electron chi connectivity index (χ3n) is 6.67. The van der Waals surface area contributed by atoms with Crippen LogP contribution >= 0.6 is 0 Å². The molecule has 1 aromatic rings. The zero-order chi connectivity index (χ0) is 18.7. The number of carbonyl (C=O) groups excluding carboxylic acids is 1. The number of piperidine rings is 1. The molecule has 2 fully saturated rings. The number of phenolic OH excluding ortho intramolecular Hbond substituents is 1. The number of hydrogen-bond donors (Lipinski definition) is 1. The lowest BCUT2D eigenvalue weighted by Crippen LogP contribution is -2.37. The molecule has 4 heteroatoms. The van der Waals surface area contributed by atoms with E-state index in [2.05, 4.69) is 39.0 Å². The van der Waals surface area contributed by atoms with E-state index in [-0.39, 0.29) is 34.6 Å². The predicted molar refractivity (Wildman–Crippen MR) is 101 cm³/mol. The highest BCUT2D eigenvalue weighted by molar-refractivity contribution is 5.87. The first-order valence-corrected chi connectivity index (χ1v) is 9.31. The highest BCUT2D eigenvalue weighted by Gasteiger charge is 2.68. The molecule has 0 bridgehead atoms. The van der Waals surface area contributed by atoms with Gasteiger partial charge in [-0.15, -0.1) is 0 Å². The smallest absolute Gasteiger partial charge is 0.227 e. The Labute approximate surface area is 155 Å². The molecule has 0 aromatic heterocycles. The molecule has 1 aromatic carbocycles. The van der Waals surface area contributed by atoms with Gasteiger partial charge in [0.1, 0.15) is 5.75 Å². The lowest BCUT2D eigenvalue weighted by atomic mass is 9.87. The van der Waals surface area contributed by atoms with Gasteiger partial charge in [0, 0.05) is 19.6 Å². The van der Waals surface area contributed by atoms with Gasteiger partial charge in [-0.25, -0.2) is 0 Å². The molecule has 4 atom stereocenters. The van der Waals surface area contributed by atoms with Crippen LogP contribution in [0.1, 0.15) is 38.8 Å². The molecule has 1 aliphatic heterocycles. The molecule has 3 aliphatic rings. The summed E-state index contributed by atoms with van der Waals surface area (Å²) in [4.78, 5) is 15.1. The van der Waals surface area contributed by atoms with Gasteiger partial charge in [0.15, 0.2) is 0 Å². The van der Waals surface area contributed by atoms with Crippen molar-refractivity contribution in [1.82, 2.24) is 4.90 Å². The lowest BCUT2D eigenvalue weighted by molar-refractivity contribution is -0.132. The van der Waals surface area contributed by atoms with E-state index in [9.17, 15) is 9.90 Å². The molecule has 4 rings (SSSR count). The van der Waals surface area contributed by atoms with Gasteiger partial charge >= 0.3 is 0 Å². The Morgan fingerprint density at radius 2 is 1.92 bits per heavy atom. The summed E-state index contributed by atoms with van der Waals surface area (Å²) in [5, 5.41) is 9.66. The highest BCUT2D eigenvalue weighted by atomic mass is 16.5. The molecule has 1 N–H and O–H groups in total. The summed E-state index contributed by atoms with van der Waals surface area (Å²) in [6, 6.07) is 7.12. The van der Waals surface area contributed by atoms with Gasteiger partial charge in [-0.3, -0.25) is 4.79 Å². The molecule has 2 aliphatic carbocycles. The second-order valence-corrected chi connectivity index (χ2v) is 8.65. The van der Waals surface area contributed by atoms with Crippen LogP contribution in [-0.4, -0.2) is 35.2 Å². The van der Waals surface area contributed by atoms with Crippen LogP contribution in [0.2, 0.25) is 0 Å². The summed E-state index contributed by atoms with van der Waals surface area (Å²) in [6.45, 7) is 7.24. The Morgan fingerprint density at radius 3 is 2.42 bits per heavy atom. The number of phenols is 1. The quantitative estimate of drug-likeness (QED) is 0.895. The molecule has 1 saturated heterocycles. The summed E-state index contributed by atoms with van der Waals surface area (Å²) in [6.07, 6.45) is 7.14. The fourth-order valence-corrected chi connectivity index (χ4v) is 4.58. The molecule has 26 heavy (non-hydrogen) atoms. The van der Waals surface area contributed by atoms with E-state index >= 15 is 0 Å². The first kappa shape index (κ1) is 17.3. The minimum absolute atomic E-state index is 0.107. The van der Waals surface area contributed by atoms with Gasteiger partial charge in [0.25, 0.3) is 0 Å². The molecule has 0 spiro atoms. The third kappa shape index (κ3) is 2.59. The topological polar surface area (TPSA) is 49.8 Å². The summed E-state index contributed by atoms with van der Waals surface area (Å²) >= 11 is 0. The molecular weight excluding hydrogens is 326 g/mol. The number of methoxy groups -OCH3 is 1. The number of amides is 1. The molecule has 1 saturated carbocycles. The van der Waals surface area contributed by atoms with Crippen LogP contribution in [0.5, 0.6) is 5.75 Å². The summed E-state index contributed by atoms with van der Waals surface area (Å²) < 4.78 is 5.58. The van der Waals surface area contributed by atoms with Crippen LogP contribution in [0.25, 0.3) is 0 Å². The molecule has 1 heterocycles. The number of benzene rings is 1. The average molecular weight is 353 g/mol. The van der Waals surface area contributed by atoms with Crippen molar-refractivity contribution in [1.29, 1.82) is 0 Å². The van der Waals surface area contributed by atoms with E-state index in [1.807, 2.05) is 17.0 Å². The zero-order valence-electron chi connectivity index (χ0n) is 15.9. The molecule has 138 valence electrons. The van der Waals surface area contributed by atoms with Crippen molar-refractivity contribution < 1.29 is 14.6 Å².